The number of nitrogen functional groups attached to an aromatic ring is 1. The van der Waals surface area contributed by atoms with Crippen LogP contribution in [-0.2, 0) is 6.18 Å². The van der Waals surface area contributed by atoms with Gasteiger partial charge in [-0.3, -0.25) is 4.79 Å². The van der Waals surface area contributed by atoms with E-state index < -0.39 is 23.8 Å². The maximum atomic E-state index is 12.7. The van der Waals surface area contributed by atoms with Gasteiger partial charge < -0.3 is 15.7 Å². The first-order chi connectivity index (χ1) is 9.29. The van der Waals surface area contributed by atoms with Gasteiger partial charge >= 0.3 is 6.18 Å². The lowest BCUT2D eigenvalue weighted by Crippen LogP contribution is -2.40. The van der Waals surface area contributed by atoms with Crippen LogP contribution in [0, 0.1) is 0 Å². The summed E-state index contributed by atoms with van der Waals surface area (Å²) in [6, 6.07) is 2.73. The van der Waals surface area contributed by atoms with Crippen LogP contribution in [0.15, 0.2) is 18.2 Å². The van der Waals surface area contributed by atoms with E-state index >= 15 is 0 Å². The number of anilines is 1. The average molecular weight is 288 g/mol. The summed E-state index contributed by atoms with van der Waals surface area (Å²) in [5, 5.41) is 9.37. The standard InChI is InChI=1S/C13H15F3N2O2/c14-13(15,16)8-1-2-11(17)10(7-8)12(20)18-5-3-9(19)4-6-18/h1-2,7,9,19H,3-6,17H2. The Morgan fingerprint density at radius 2 is 1.90 bits per heavy atom. The minimum absolute atomic E-state index is 0.0223. The van der Waals surface area contributed by atoms with Crippen molar-refractivity contribution in [2.75, 3.05) is 18.8 Å². The maximum Gasteiger partial charge on any atom is 0.416 e. The summed E-state index contributed by atoms with van der Waals surface area (Å²) in [7, 11) is 0. The van der Waals surface area contributed by atoms with E-state index in [1.54, 1.807) is 0 Å². The van der Waals surface area contributed by atoms with E-state index in [4.69, 9.17) is 5.73 Å². The second-order valence-electron chi connectivity index (χ2n) is 4.82. The number of benzene rings is 1. The van der Waals surface area contributed by atoms with Gasteiger partial charge in [-0.25, -0.2) is 0 Å². The SMILES string of the molecule is Nc1ccc(C(F)(F)F)cc1C(=O)N1CCC(O)CC1. The van der Waals surface area contributed by atoms with Crippen LogP contribution < -0.4 is 5.73 Å². The molecule has 1 aliphatic rings. The quantitative estimate of drug-likeness (QED) is 0.775. The molecule has 0 atom stereocenters. The number of halogens is 3. The predicted molar refractivity (Wildman–Crippen MR) is 67.0 cm³/mol. The number of hydrogen-bond donors (Lipinski definition) is 2. The lowest BCUT2D eigenvalue weighted by Gasteiger charge is -2.30. The van der Waals surface area contributed by atoms with E-state index in [0.29, 0.717) is 25.9 Å². The number of alkyl halides is 3. The van der Waals surface area contributed by atoms with Gasteiger partial charge in [0.05, 0.1) is 17.2 Å². The van der Waals surface area contributed by atoms with Crippen LogP contribution in [0.3, 0.4) is 0 Å². The summed E-state index contributed by atoms with van der Waals surface area (Å²) in [5.74, 6) is -0.527. The number of aliphatic hydroxyl groups is 1. The maximum absolute atomic E-state index is 12.7. The zero-order valence-corrected chi connectivity index (χ0v) is 10.7. The first kappa shape index (κ1) is 14.6. The monoisotopic (exact) mass is 288 g/mol. The van der Waals surface area contributed by atoms with Crippen molar-refractivity contribution in [3.63, 3.8) is 0 Å². The molecule has 3 N–H and O–H groups in total. The molecule has 1 saturated heterocycles. The summed E-state index contributed by atoms with van der Waals surface area (Å²) >= 11 is 0. The molecule has 0 spiro atoms. The molecule has 7 heteroatoms. The van der Waals surface area contributed by atoms with E-state index in [9.17, 15) is 23.1 Å². The Morgan fingerprint density at radius 1 is 1.30 bits per heavy atom. The van der Waals surface area contributed by atoms with Crippen LogP contribution in [0.2, 0.25) is 0 Å². The number of nitrogens with zero attached hydrogens (tertiary/aromatic N) is 1. The average Bonchev–Trinajstić information content (AvgIpc) is 2.38. The van der Waals surface area contributed by atoms with Gasteiger partial charge in [0.2, 0.25) is 0 Å². The minimum Gasteiger partial charge on any atom is -0.398 e. The normalized spacial score (nSPS) is 17.3. The van der Waals surface area contributed by atoms with Crippen LogP contribution in [0.1, 0.15) is 28.8 Å². The van der Waals surface area contributed by atoms with Gasteiger partial charge in [0.1, 0.15) is 0 Å². The Balaban J connectivity index is 2.25. The molecule has 0 saturated carbocycles. The molecule has 1 fully saturated rings. The van der Waals surface area contributed by atoms with Crippen LogP contribution in [0.4, 0.5) is 18.9 Å². The molecule has 2 rings (SSSR count). The highest BCUT2D eigenvalue weighted by atomic mass is 19.4. The molecule has 110 valence electrons. The second kappa shape index (κ2) is 5.32. The van der Waals surface area contributed by atoms with Crippen LogP contribution in [0.5, 0.6) is 0 Å². The van der Waals surface area contributed by atoms with E-state index in [1.165, 1.54) is 4.90 Å². The van der Waals surface area contributed by atoms with Gasteiger partial charge in [0.15, 0.2) is 0 Å². The molecule has 1 aromatic carbocycles. The van der Waals surface area contributed by atoms with Crippen molar-refractivity contribution in [3.05, 3.63) is 29.3 Å². The molecule has 1 amide bonds. The van der Waals surface area contributed by atoms with Crippen LogP contribution in [-0.4, -0.2) is 35.1 Å². The number of hydrogen-bond acceptors (Lipinski definition) is 3. The minimum atomic E-state index is -4.51. The Bertz CT molecular complexity index is 509. The van der Waals surface area contributed by atoms with Crippen molar-refractivity contribution < 1.29 is 23.1 Å². The van der Waals surface area contributed by atoms with Crippen LogP contribution >= 0.6 is 0 Å². The summed E-state index contributed by atoms with van der Waals surface area (Å²) in [4.78, 5) is 13.6. The number of aliphatic hydroxyl groups excluding tert-OH is 1. The third kappa shape index (κ3) is 3.04. The van der Waals surface area contributed by atoms with Crippen molar-refractivity contribution >= 4 is 11.6 Å². The first-order valence-electron chi connectivity index (χ1n) is 6.23. The molecule has 4 nitrogen and oxygen atoms in total. The molecule has 0 unspecified atom stereocenters. The Morgan fingerprint density at radius 3 is 2.45 bits per heavy atom. The lowest BCUT2D eigenvalue weighted by atomic mass is 10.0. The van der Waals surface area contributed by atoms with E-state index in [1.807, 2.05) is 0 Å². The van der Waals surface area contributed by atoms with Crippen molar-refractivity contribution in [3.8, 4) is 0 Å². The molecule has 0 aliphatic carbocycles. The number of amides is 1. The Hall–Kier alpha value is -1.76. The number of piperidine rings is 1. The van der Waals surface area contributed by atoms with E-state index in [0.717, 1.165) is 18.2 Å². The molecule has 0 radical (unpaired) electrons. The molecule has 0 aromatic heterocycles. The van der Waals surface area contributed by atoms with Gasteiger partial charge in [-0.05, 0) is 31.0 Å². The fourth-order valence-electron chi connectivity index (χ4n) is 2.16. The Kier molecular flexibility index (Phi) is 3.89. The zero-order valence-electron chi connectivity index (χ0n) is 10.7. The third-order valence-corrected chi connectivity index (χ3v) is 3.36. The largest absolute Gasteiger partial charge is 0.416 e. The number of carbonyl (C=O) groups excluding carboxylic acids is 1. The number of rotatable bonds is 1. The Labute approximate surface area is 114 Å². The number of likely N-dealkylation sites (tertiary alicyclic amines) is 1. The van der Waals surface area contributed by atoms with Crippen molar-refractivity contribution in [2.45, 2.75) is 25.1 Å². The van der Waals surface area contributed by atoms with Crippen molar-refractivity contribution in [2.24, 2.45) is 0 Å². The summed E-state index contributed by atoms with van der Waals surface area (Å²) in [6.07, 6.45) is -4.13. The summed E-state index contributed by atoms with van der Waals surface area (Å²) in [6.45, 7) is 0.630. The van der Waals surface area contributed by atoms with Gasteiger partial charge in [-0.1, -0.05) is 0 Å². The lowest BCUT2D eigenvalue weighted by molar-refractivity contribution is -0.137. The zero-order chi connectivity index (χ0) is 14.9. The smallest absolute Gasteiger partial charge is 0.398 e. The van der Waals surface area contributed by atoms with Gasteiger partial charge in [0.25, 0.3) is 5.91 Å². The molecule has 1 heterocycles. The predicted octanol–water partition coefficient (Wildman–Crippen LogP) is 1.88. The number of carbonyl (C=O) groups is 1. The molecule has 1 aliphatic heterocycles. The topological polar surface area (TPSA) is 66.6 Å². The highest BCUT2D eigenvalue weighted by Crippen LogP contribution is 2.31. The van der Waals surface area contributed by atoms with Crippen molar-refractivity contribution in [1.82, 2.24) is 4.90 Å². The number of nitrogens with two attached hydrogens (primary N) is 1. The fraction of sp³-hybridized carbons (Fsp3) is 0.462. The molecular formula is C13H15F3N2O2. The molecule has 1 aromatic rings. The summed E-state index contributed by atoms with van der Waals surface area (Å²) in [5.41, 5.74) is 4.59. The van der Waals surface area contributed by atoms with Gasteiger partial charge in [-0.2, -0.15) is 13.2 Å². The van der Waals surface area contributed by atoms with Crippen molar-refractivity contribution in [1.29, 1.82) is 0 Å². The second-order valence-corrected chi connectivity index (χ2v) is 4.82. The molecular weight excluding hydrogens is 273 g/mol. The highest BCUT2D eigenvalue weighted by Gasteiger charge is 2.32. The fourth-order valence-corrected chi connectivity index (χ4v) is 2.16. The molecule has 0 bridgehead atoms. The van der Waals surface area contributed by atoms with Crippen LogP contribution in [0.25, 0.3) is 0 Å². The third-order valence-electron chi connectivity index (χ3n) is 3.36. The van der Waals surface area contributed by atoms with Gasteiger partial charge in [0, 0.05) is 18.8 Å². The van der Waals surface area contributed by atoms with E-state index in [-0.39, 0.29) is 11.3 Å². The first-order valence-corrected chi connectivity index (χ1v) is 6.23. The van der Waals surface area contributed by atoms with Gasteiger partial charge in [-0.15, -0.1) is 0 Å². The highest BCUT2D eigenvalue weighted by molar-refractivity contribution is 5.99. The summed E-state index contributed by atoms with van der Waals surface area (Å²) < 4.78 is 38.0. The van der Waals surface area contributed by atoms with E-state index in [2.05, 4.69) is 0 Å². The molecule has 20 heavy (non-hydrogen) atoms.